The molecule has 0 amide bonds. The Bertz CT molecular complexity index is 1010. The molecule has 0 aliphatic carbocycles. The van der Waals surface area contributed by atoms with Gasteiger partial charge in [-0.25, -0.2) is 4.52 Å². The Balaban J connectivity index is 1.78. The first-order valence-electron chi connectivity index (χ1n) is 8.80. The average molecular weight is 346 g/mol. The van der Waals surface area contributed by atoms with Gasteiger partial charge < -0.3 is 10.1 Å². The lowest BCUT2D eigenvalue weighted by Gasteiger charge is -2.40. The summed E-state index contributed by atoms with van der Waals surface area (Å²) >= 11 is 0. The van der Waals surface area contributed by atoms with E-state index in [1.165, 1.54) is 5.56 Å². The van der Waals surface area contributed by atoms with Crippen LogP contribution < -0.4 is 5.32 Å². The fourth-order valence-electron chi connectivity index (χ4n) is 3.25. The van der Waals surface area contributed by atoms with Crippen LogP contribution in [0.1, 0.15) is 37.8 Å². The molecule has 26 heavy (non-hydrogen) atoms. The van der Waals surface area contributed by atoms with E-state index >= 15 is 0 Å². The number of rotatable bonds is 4. The van der Waals surface area contributed by atoms with Crippen molar-refractivity contribution in [1.82, 2.24) is 14.6 Å². The molecule has 1 aliphatic rings. The molecule has 0 spiro atoms. The molecule has 4 rings (SSSR count). The van der Waals surface area contributed by atoms with Crippen LogP contribution in [0.15, 0.2) is 36.7 Å². The summed E-state index contributed by atoms with van der Waals surface area (Å²) in [5.41, 5.74) is 5.82. The predicted octanol–water partition coefficient (Wildman–Crippen LogP) is 3.70. The minimum Gasteiger partial charge on any atom is -0.376 e. The Morgan fingerprint density at radius 3 is 2.73 bits per heavy atom. The van der Waals surface area contributed by atoms with Gasteiger partial charge in [-0.1, -0.05) is 19.8 Å². The van der Waals surface area contributed by atoms with Gasteiger partial charge in [-0.05, 0) is 42.7 Å². The van der Waals surface area contributed by atoms with Crippen LogP contribution in [0.2, 0.25) is 0 Å². The summed E-state index contributed by atoms with van der Waals surface area (Å²) in [6.07, 6.45) is 9.13. The van der Waals surface area contributed by atoms with Crippen LogP contribution in [-0.2, 0) is 4.74 Å². The molecule has 0 bridgehead atoms. The van der Waals surface area contributed by atoms with Crippen LogP contribution in [0.25, 0.3) is 16.9 Å². The summed E-state index contributed by atoms with van der Waals surface area (Å²) in [6, 6.07) is 8.09. The summed E-state index contributed by atoms with van der Waals surface area (Å²) in [5.74, 6) is 3.00. The molecule has 0 atom stereocenters. The molecule has 5 nitrogen and oxygen atoms in total. The van der Waals surface area contributed by atoms with Crippen molar-refractivity contribution < 1.29 is 4.74 Å². The van der Waals surface area contributed by atoms with E-state index in [4.69, 9.17) is 16.1 Å². The Kier molecular flexibility index (Phi) is 3.93. The second-order valence-corrected chi connectivity index (χ2v) is 7.43. The zero-order valence-electron chi connectivity index (χ0n) is 15.3. The first-order chi connectivity index (χ1) is 12.5. The van der Waals surface area contributed by atoms with Crippen molar-refractivity contribution >= 4 is 11.2 Å². The van der Waals surface area contributed by atoms with Crippen LogP contribution in [0.4, 0.5) is 5.69 Å². The van der Waals surface area contributed by atoms with E-state index < -0.39 is 0 Å². The van der Waals surface area contributed by atoms with Gasteiger partial charge in [-0.3, -0.25) is 4.98 Å². The summed E-state index contributed by atoms with van der Waals surface area (Å²) in [7, 11) is 0. The SMILES string of the molecule is C#Cc1cnn2c(-c3cc(NC4(C)COC4)c(C(C)C)cn3)ccc2c1. The molecule has 0 aromatic carbocycles. The topological polar surface area (TPSA) is 51.5 Å². The van der Waals surface area contributed by atoms with Crippen molar-refractivity contribution in [3.63, 3.8) is 0 Å². The summed E-state index contributed by atoms with van der Waals surface area (Å²) in [4.78, 5) is 4.70. The summed E-state index contributed by atoms with van der Waals surface area (Å²) in [5, 5.41) is 8.12. The molecule has 0 saturated carbocycles. The minimum absolute atomic E-state index is 0.0244. The van der Waals surface area contributed by atoms with Gasteiger partial charge in [0, 0.05) is 17.4 Å². The van der Waals surface area contributed by atoms with Crippen LogP contribution in [0.3, 0.4) is 0 Å². The first kappa shape index (κ1) is 16.6. The number of nitrogens with one attached hydrogen (secondary N) is 1. The molecule has 0 radical (unpaired) electrons. The number of terminal acetylenes is 1. The monoisotopic (exact) mass is 346 g/mol. The number of aromatic nitrogens is 3. The second kappa shape index (κ2) is 6.15. The first-order valence-corrected chi connectivity index (χ1v) is 8.80. The van der Waals surface area contributed by atoms with Gasteiger partial charge in [0.25, 0.3) is 0 Å². The van der Waals surface area contributed by atoms with Crippen molar-refractivity contribution in [2.75, 3.05) is 18.5 Å². The molecule has 3 aromatic rings. The predicted molar refractivity (Wildman–Crippen MR) is 103 cm³/mol. The van der Waals surface area contributed by atoms with E-state index in [1.807, 2.05) is 28.9 Å². The Hall–Kier alpha value is -2.84. The van der Waals surface area contributed by atoms with Gasteiger partial charge in [0.15, 0.2) is 0 Å². The molecule has 1 aliphatic heterocycles. The van der Waals surface area contributed by atoms with Gasteiger partial charge in [0.2, 0.25) is 0 Å². The molecule has 0 unspecified atom stereocenters. The highest BCUT2D eigenvalue weighted by molar-refractivity contribution is 5.69. The fourth-order valence-corrected chi connectivity index (χ4v) is 3.25. The van der Waals surface area contributed by atoms with Gasteiger partial charge in [-0.2, -0.15) is 5.10 Å². The average Bonchev–Trinajstić information content (AvgIpc) is 3.03. The van der Waals surface area contributed by atoms with Gasteiger partial charge in [0.1, 0.15) is 0 Å². The molecule has 1 N–H and O–H groups in total. The number of hydrogen-bond donors (Lipinski definition) is 1. The molecular formula is C21H22N4O. The van der Waals surface area contributed by atoms with E-state index in [0.717, 1.165) is 28.2 Å². The molecule has 132 valence electrons. The van der Waals surface area contributed by atoms with Crippen molar-refractivity contribution in [2.45, 2.75) is 32.2 Å². The maximum Gasteiger partial charge on any atom is 0.0910 e. The summed E-state index contributed by atoms with van der Waals surface area (Å²) in [6.45, 7) is 7.96. The molecule has 1 saturated heterocycles. The van der Waals surface area contributed by atoms with E-state index in [9.17, 15) is 0 Å². The fraction of sp³-hybridized carbons (Fsp3) is 0.333. The van der Waals surface area contributed by atoms with Crippen molar-refractivity contribution in [1.29, 1.82) is 0 Å². The number of nitrogens with zero attached hydrogens (tertiary/aromatic N) is 3. The molecule has 1 fully saturated rings. The maximum absolute atomic E-state index is 5.47. The number of fused-ring (bicyclic) bond motifs is 1. The molecular weight excluding hydrogens is 324 g/mol. The normalized spacial score (nSPS) is 15.7. The van der Waals surface area contributed by atoms with Crippen molar-refractivity contribution in [3.05, 3.63) is 47.8 Å². The molecule has 4 heterocycles. The summed E-state index contributed by atoms with van der Waals surface area (Å²) < 4.78 is 7.26. The lowest BCUT2D eigenvalue weighted by atomic mass is 9.96. The van der Waals surface area contributed by atoms with E-state index in [2.05, 4.69) is 43.2 Å². The van der Waals surface area contributed by atoms with Crippen LogP contribution in [0.5, 0.6) is 0 Å². The van der Waals surface area contributed by atoms with Crippen molar-refractivity contribution in [2.24, 2.45) is 0 Å². The second-order valence-electron chi connectivity index (χ2n) is 7.43. The van der Waals surface area contributed by atoms with E-state index in [1.54, 1.807) is 6.20 Å². The third-order valence-electron chi connectivity index (χ3n) is 4.76. The quantitative estimate of drug-likeness (QED) is 0.732. The van der Waals surface area contributed by atoms with Crippen molar-refractivity contribution in [3.8, 4) is 23.7 Å². The highest BCUT2D eigenvalue weighted by Crippen LogP contribution is 2.32. The van der Waals surface area contributed by atoms with Gasteiger partial charge in [0.05, 0.1) is 41.9 Å². The largest absolute Gasteiger partial charge is 0.376 e. The molecule has 5 heteroatoms. The van der Waals surface area contributed by atoms with Crippen LogP contribution in [0, 0.1) is 12.3 Å². The number of anilines is 1. The Morgan fingerprint density at radius 2 is 2.08 bits per heavy atom. The highest BCUT2D eigenvalue weighted by atomic mass is 16.5. The number of hydrogen-bond acceptors (Lipinski definition) is 4. The Morgan fingerprint density at radius 1 is 1.27 bits per heavy atom. The highest BCUT2D eigenvalue weighted by Gasteiger charge is 2.34. The van der Waals surface area contributed by atoms with Crippen LogP contribution in [-0.4, -0.2) is 33.4 Å². The van der Waals surface area contributed by atoms with Gasteiger partial charge in [-0.15, -0.1) is 6.42 Å². The lowest BCUT2D eigenvalue weighted by Crippen LogP contribution is -2.53. The number of pyridine rings is 1. The Labute approximate surface area is 153 Å². The lowest BCUT2D eigenvalue weighted by molar-refractivity contribution is -0.0318. The van der Waals surface area contributed by atoms with E-state index in [0.29, 0.717) is 19.1 Å². The molecule has 3 aromatic heterocycles. The zero-order chi connectivity index (χ0) is 18.3. The number of ether oxygens (including phenoxy) is 1. The van der Waals surface area contributed by atoms with Crippen LogP contribution >= 0.6 is 0 Å². The third kappa shape index (κ3) is 2.83. The minimum atomic E-state index is -0.0244. The smallest absolute Gasteiger partial charge is 0.0910 e. The zero-order valence-corrected chi connectivity index (χ0v) is 15.3. The van der Waals surface area contributed by atoms with Gasteiger partial charge >= 0.3 is 0 Å². The maximum atomic E-state index is 5.47. The third-order valence-corrected chi connectivity index (χ3v) is 4.76. The standard InChI is InChI=1S/C21H22N4O/c1-5-15-8-16-6-7-20(25(16)23-10-15)19-9-18(17(11-22-19)14(2)3)24-21(4)12-26-13-21/h1,6-11,14H,12-13H2,2-4H3,(H,22,24). The van der Waals surface area contributed by atoms with E-state index in [-0.39, 0.29) is 5.54 Å².